The van der Waals surface area contributed by atoms with Crippen LogP contribution in [0.5, 0.6) is 0 Å². The normalized spacial score (nSPS) is 11.7. The predicted octanol–water partition coefficient (Wildman–Crippen LogP) is 3.32. The van der Waals surface area contributed by atoms with Gasteiger partial charge in [0.05, 0.1) is 0 Å². The number of ether oxygens (including phenoxy) is 1. The predicted molar refractivity (Wildman–Crippen MR) is 84.9 cm³/mol. The van der Waals surface area contributed by atoms with Gasteiger partial charge in [0, 0.05) is 11.9 Å². The molecule has 116 valence electrons. The van der Waals surface area contributed by atoms with Crippen molar-refractivity contribution in [2.45, 2.75) is 26.2 Å². The Hall–Kier alpha value is -2.56. The largest absolute Gasteiger partial charge is 0.451 e. The summed E-state index contributed by atoms with van der Waals surface area (Å²) in [6.45, 7) is 3.98. The first-order valence-corrected chi connectivity index (χ1v) is 7.30. The third kappa shape index (κ3) is 4.22. The minimum atomic E-state index is -0.549. The Morgan fingerprint density at radius 1 is 1.23 bits per heavy atom. The number of H-pyrrole nitrogens is 1. The van der Waals surface area contributed by atoms with E-state index in [1.807, 2.05) is 24.3 Å². The molecule has 1 aromatic heterocycles. The van der Waals surface area contributed by atoms with E-state index in [9.17, 15) is 9.59 Å². The van der Waals surface area contributed by atoms with Crippen LogP contribution >= 0.6 is 0 Å². The molecule has 0 spiro atoms. The number of carbonyl (C=O) groups excluding carboxylic acids is 2. The van der Waals surface area contributed by atoms with Gasteiger partial charge in [-0.2, -0.15) is 0 Å². The van der Waals surface area contributed by atoms with Crippen molar-refractivity contribution in [3.63, 3.8) is 0 Å². The average Bonchev–Trinajstić information content (AvgIpc) is 3.07. The molecular weight excluding hydrogens is 280 g/mol. The second kappa shape index (κ2) is 7.45. The van der Waals surface area contributed by atoms with E-state index >= 15 is 0 Å². The van der Waals surface area contributed by atoms with Crippen LogP contribution in [0.25, 0.3) is 0 Å². The van der Waals surface area contributed by atoms with Crippen LogP contribution in [-0.2, 0) is 9.53 Å². The molecule has 0 bridgehead atoms. The molecule has 2 aromatic rings. The Labute approximate surface area is 129 Å². The summed E-state index contributed by atoms with van der Waals surface area (Å²) in [4.78, 5) is 26.1. The van der Waals surface area contributed by atoms with E-state index in [4.69, 9.17) is 4.74 Å². The molecule has 5 heteroatoms. The summed E-state index contributed by atoms with van der Waals surface area (Å²) in [5, 5.41) is 2.70. The van der Waals surface area contributed by atoms with E-state index in [0.29, 0.717) is 17.3 Å². The SMILES string of the molecule is CC[C@H](C)c1ccc(NC(=O)COC(=O)c2ccc[nH]2)cc1. The molecule has 0 saturated carbocycles. The van der Waals surface area contributed by atoms with Crippen molar-refractivity contribution < 1.29 is 14.3 Å². The van der Waals surface area contributed by atoms with E-state index in [2.05, 4.69) is 24.1 Å². The number of aromatic nitrogens is 1. The van der Waals surface area contributed by atoms with Crippen molar-refractivity contribution in [2.75, 3.05) is 11.9 Å². The molecule has 0 unspecified atom stereocenters. The highest BCUT2D eigenvalue weighted by molar-refractivity contribution is 5.94. The molecule has 2 rings (SSSR count). The number of benzene rings is 1. The summed E-state index contributed by atoms with van der Waals surface area (Å²) in [5.41, 5.74) is 2.25. The first kappa shape index (κ1) is 15.8. The summed E-state index contributed by atoms with van der Waals surface area (Å²) >= 11 is 0. The highest BCUT2D eigenvalue weighted by Gasteiger charge is 2.11. The fourth-order valence-electron chi connectivity index (χ4n) is 1.99. The molecule has 1 atom stereocenters. The molecule has 22 heavy (non-hydrogen) atoms. The third-order valence-electron chi connectivity index (χ3n) is 3.53. The molecule has 0 aliphatic heterocycles. The quantitative estimate of drug-likeness (QED) is 0.804. The van der Waals surface area contributed by atoms with Crippen molar-refractivity contribution in [3.05, 3.63) is 53.9 Å². The molecule has 0 saturated heterocycles. The van der Waals surface area contributed by atoms with Gasteiger partial charge in [-0.15, -0.1) is 0 Å². The molecular formula is C17H20N2O3. The van der Waals surface area contributed by atoms with Crippen molar-refractivity contribution in [2.24, 2.45) is 0 Å². The fraction of sp³-hybridized carbons (Fsp3) is 0.294. The standard InChI is InChI=1S/C17H20N2O3/c1-3-12(2)13-6-8-14(9-7-13)19-16(20)11-22-17(21)15-5-4-10-18-15/h4-10,12,18H,3,11H2,1-2H3,(H,19,20)/t12-/m0/s1. The van der Waals surface area contributed by atoms with Crippen molar-refractivity contribution in [1.82, 2.24) is 4.98 Å². The number of nitrogens with one attached hydrogen (secondary N) is 2. The number of carbonyl (C=O) groups is 2. The lowest BCUT2D eigenvalue weighted by molar-refractivity contribution is -0.119. The van der Waals surface area contributed by atoms with Crippen molar-refractivity contribution in [1.29, 1.82) is 0 Å². The van der Waals surface area contributed by atoms with Gasteiger partial charge in [0.2, 0.25) is 0 Å². The summed E-state index contributed by atoms with van der Waals surface area (Å²) in [6, 6.07) is 11.0. The molecule has 0 aliphatic rings. The van der Waals surface area contributed by atoms with Gasteiger partial charge in [0.15, 0.2) is 6.61 Å². The maximum Gasteiger partial charge on any atom is 0.355 e. The van der Waals surface area contributed by atoms with Gasteiger partial charge in [-0.1, -0.05) is 26.0 Å². The van der Waals surface area contributed by atoms with Gasteiger partial charge in [0.25, 0.3) is 5.91 Å². The smallest absolute Gasteiger partial charge is 0.355 e. The van der Waals surface area contributed by atoms with E-state index in [1.54, 1.807) is 18.3 Å². The van der Waals surface area contributed by atoms with Crippen LogP contribution < -0.4 is 5.32 Å². The van der Waals surface area contributed by atoms with Gasteiger partial charge in [0.1, 0.15) is 5.69 Å². The van der Waals surface area contributed by atoms with Crippen LogP contribution in [0, 0.1) is 0 Å². The Morgan fingerprint density at radius 2 is 1.95 bits per heavy atom. The Kier molecular flexibility index (Phi) is 5.36. The highest BCUT2D eigenvalue weighted by Crippen LogP contribution is 2.20. The number of rotatable bonds is 6. The van der Waals surface area contributed by atoms with Gasteiger partial charge < -0.3 is 15.0 Å². The van der Waals surface area contributed by atoms with E-state index in [1.165, 1.54) is 5.56 Å². The number of amides is 1. The van der Waals surface area contributed by atoms with Crippen LogP contribution in [0.3, 0.4) is 0 Å². The summed E-state index contributed by atoms with van der Waals surface area (Å²) in [6.07, 6.45) is 2.69. The van der Waals surface area contributed by atoms with Crippen LogP contribution in [0.1, 0.15) is 42.2 Å². The Bertz CT molecular complexity index is 618. The molecule has 0 fully saturated rings. The zero-order valence-corrected chi connectivity index (χ0v) is 12.8. The molecule has 0 radical (unpaired) electrons. The second-order valence-electron chi connectivity index (χ2n) is 5.14. The average molecular weight is 300 g/mol. The number of aromatic amines is 1. The van der Waals surface area contributed by atoms with E-state index in [0.717, 1.165) is 6.42 Å². The number of hydrogen-bond acceptors (Lipinski definition) is 3. The lowest BCUT2D eigenvalue weighted by Crippen LogP contribution is -2.21. The second-order valence-corrected chi connectivity index (χ2v) is 5.14. The molecule has 5 nitrogen and oxygen atoms in total. The van der Waals surface area contributed by atoms with Crippen LogP contribution in [0.4, 0.5) is 5.69 Å². The minimum absolute atomic E-state index is 0.315. The Morgan fingerprint density at radius 3 is 2.55 bits per heavy atom. The topological polar surface area (TPSA) is 71.2 Å². The summed E-state index contributed by atoms with van der Waals surface area (Å²) in [5.74, 6) is -0.421. The molecule has 1 heterocycles. The van der Waals surface area contributed by atoms with E-state index in [-0.39, 0.29) is 12.5 Å². The maximum absolute atomic E-state index is 11.8. The first-order valence-electron chi connectivity index (χ1n) is 7.30. The number of hydrogen-bond donors (Lipinski definition) is 2. The van der Waals surface area contributed by atoms with Crippen molar-refractivity contribution >= 4 is 17.6 Å². The third-order valence-corrected chi connectivity index (χ3v) is 3.53. The van der Waals surface area contributed by atoms with Crippen LogP contribution in [-0.4, -0.2) is 23.5 Å². The van der Waals surface area contributed by atoms with Crippen molar-refractivity contribution in [3.8, 4) is 0 Å². The lowest BCUT2D eigenvalue weighted by Gasteiger charge is -2.10. The molecule has 2 N–H and O–H groups in total. The van der Waals surface area contributed by atoms with Gasteiger partial charge in [-0.3, -0.25) is 4.79 Å². The number of esters is 1. The van der Waals surface area contributed by atoms with Gasteiger partial charge in [-0.25, -0.2) is 4.79 Å². The van der Waals surface area contributed by atoms with Gasteiger partial charge >= 0.3 is 5.97 Å². The minimum Gasteiger partial charge on any atom is -0.451 e. The molecule has 1 amide bonds. The molecule has 1 aromatic carbocycles. The summed E-state index contributed by atoms with van der Waals surface area (Å²) in [7, 11) is 0. The van der Waals surface area contributed by atoms with Crippen LogP contribution in [0.15, 0.2) is 42.6 Å². The zero-order chi connectivity index (χ0) is 15.9. The summed E-state index contributed by atoms with van der Waals surface area (Å²) < 4.78 is 4.92. The maximum atomic E-state index is 11.8. The Balaban J connectivity index is 1.83. The van der Waals surface area contributed by atoms with Gasteiger partial charge in [-0.05, 0) is 42.2 Å². The lowest BCUT2D eigenvalue weighted by atomic mass is 9.99. The first-order chi connectivity index (χ1) is 10.6. The molecule has 0 aliphatic carbocycles. The number of anilines is 1. The fourth-order valence-corrected chi connectivity index (χ4v) is 1.99. The van der Waals surface area contributed by atoms with E-state index < -0.39 is 5.97 Å². The van der Waals surface area contributed by atoms with Crippen LogP contribution in [0.2, 0.25) is 0 Å². The highest BCUT2D eigenvalue weighted by atomic mass is 16.5. The zero-order valence-electron chi connectivity index (χ0n) is 12.8. The monoisotopic (exact) mass is 300 g/mol.